The molecule has 3 aromatic rings. The van der Waals surface area contributed by atoms with E-state index in [0.717, 1.165) is 12.0 Å². The second-order valence-electron chi connectivity index (χ2n) is 5.41. The van der Waals surface area contributed by atoms with Gasteiger partial charge in [0.1, 0.15) is 5.75 Å². The predicted octanol–water partition coefficient (Wildman–Crippen LogP) is 4.11. The molecule has 0 N–H and O–H groups in total. The van der Waals surface area contributed by atoms with Crippen LogP contribution in [0.1, 0.15) is 29.4 Å². The highest BCUT2D eigenvalue weighted by molar-refractivity contribution is 5.53. The van der Waals surface area contributed by atoms with E-state index >= 15 is 0 Å². The molecule has 0 aliphatic heterocycles. The van der Waals surface area contributed by atoms with Gasteiger partial charge in [-0.1, -0.05) is 19.1 Å². The van der Waals surface area contributed by atoms with Crippen molar-refractivity contribution in [2.24, 2.45) is 0 Å². The first-order valence-corrected chi connectivity index (χ1v) is 7.38. The summed E-state index contributed by atoms with van der Waals surface area (Å²) in [4.78, 5) is 0. The lowest BCUT2D eigenvalue weighted by atomic mass is 10.1. The van der Waals surface area contributed by atoms with Gasteiger partial charge in [-0.3, -0.25) is 0 Å². The Morgan fingerprint density at radius 2 is 1.88 bits per heavy atom. The van der Waals surface area contributed by atoms with Crippen molar-refractivity contribution in [3.8, 4) is 11.6 Å². The number of aromatic nitrogens is 4. The summed E-state index contributed by atoms with van der Waals surface area (Å²) in [6, 6.07) is 7.34. The van der Waals surface area contributed by atoms with Crippen LogP contribution >= 0.6 is 0 Å². The molecule has 0 spiro atoms. The highest BCUT2D eigenvalue weighted by Gasteiger charge is 2.38. The van der Waals surface area contributed by atoms with Gasteiger partial charge in [-0.2, -0.15) is 17.7 Å². The summed E-state index contributed by atoms with van der Waals surface area (Å²) >= 11 is 0. The van der Waals surface area contributed by atoms with Gasteiger partial charge in [-0.05, 0) is 38.0 Å². The van der Waals surface area contributed by atoms with Crippen molar-refractivity contribution in [2.75, 3.05) is 0 Å². The Morgan fingerprint density at radius 1 is 1.12 bits per heavy atom. The zero-order chi connectivity index (χ0) is 17.5. The van der Waals surface area contributed by atoms with Gasteiger partial charge in [0.15, 0.2) is 5.65 Å². The van der Waals surface area contributed by atoms with Crippen LogP contribution in [0, 0.1) is 13.8 Å². The van der Waals surface area contributed by atoms with E-state index in [9.17, 15) is 13.2 Å². The number of hydrogen-bond donors (Lipinski definition) is 0. The van der Waals surface area contributed by atoms with Crippen LogP contribution in [0.15, 0.2) is 24.3 Å². The molecule has 0 fully saturated rings. The number of fused-ring (bicyclic) bond motifs is 1. The van der Waals surface area contributed by atoms with Crippen molar-refractivity contribution in [3.05, 3.63) is 46.8 Å². The first-order valence-electron chi connectivity index (χ1n) is 7.38. The van der Waals surface area contributed by atoms with E-state index in [1.165, 1.54) is 0 Å². The van der Waals surface area contributed by atoms with Crippen LogP contribution < -0.4 is 4.74 Å². The van der Waals surface area contributed by atoms with Crippen LogP contribution in [-0.2, 0) is 12.6 Å². The van der Waals surface area contributed by atoms with E-state index in [-0.39, 0.29) is 11.5 Å². The lowest BCUT2D eigenvalue weighted by molar-refractivity contribution is -0.146. The molecule has 0 aliphatic carbocycles. The Bertz CT molecular complexity index is 902. The first-order chi connectivity index (χ1) is 11.3. The zero-order valence-electron chi connectivity index (χ0n) is 13.3. The van der Waals surface area contributed by atoms with Crippen molar-refractivity contribution in [2.45, 2.75) is 33.4 Å². The molecule has 0 saturated carbocycles. The topological polar surface area (TPSA) is 52.3 Å². The highest BCUT2D eigenvalue weighted by Crippen LogP contribution is 2.31. The molecule has 0 aliphatic rings. The average Bonchev–Trinajstić information content (AvgIpc) is 2.96. The number of benzene rings is 1. The molecule has 126 valence electrons. The van der Waals surface area contributed by atoms with E-state index in [4.69, 9.17) is 4.74 Å². The summed E-state index contributed by atoms with van der Waals surface area (Å²) in [6.07, 6.45) is -3.82. The van der Waals surface area contributed by atoms with E-state index in [2.05, 4.69) is 15.3 Å². The Hall–Kier alpha value is -2.64. The fourth-order valence-electron chi connectivity index (χ4n) is 2.32. The van der Waals surface area contributed by atoms with E-state index < -0.39 is 12.0 Å². The molecule has 3 rings (SSSR count). The van der Waals surface area contributed by atoms with Gasteiger partial charge < -0.3 is 4.74 Å². The quantitative estimate of drug-likeness (QED) is 0.722. The number of halogens is 3. The Kier molecular flexibility index (Phi) is 3.90. The van der Waals surface area contributed by atoms with Gasteiger partial charge in [0.2, 0.25) is 5.88 Å². The molecule has 0 amide bonds. The fraction of sp³-hybridized carbons (Fsp3) is 0.312. The van der Waals surface area contributed by atoms with Crippen LogP contribution in [0.3, 0.4) is 0 Å². The van der Waals surface area contributed by atoms with Crippen molar-refractivity contribution in [1.29, 1.82) is 0 Å². The lowest BCUT2D eigenvalue weighted by Gasteiger charge is -2.12. The average molecular weight is 336 g/mol. The number of aryl methyl sites for hydroxylation is 2. The van der Waals surface area contributed by atoms with Gasteiger partial charge in [0, 0.05) is 11.1 Å². The van der Waals surface area contributed by atoms with Gasteiger partial charge in [0.25, 0.3) is 5.82 Å². The molecule has 1 aromatic carbocycles. The van der Waals surface area contributed by atoms with Crippen molar-refractivity contribution >= 4 is 5.65 Å². The molecule has 2 heterocycles. The third-order valence-corrected chi connectivity index (χ3v) is 3.82. The molecule has 0 radical (unpaired) electrons. The molecule has 5 nitrogen and oxygen atoms in total. The van der Waals surface area contributed by atoms with Crippen LogP contribution in [0.5, 0.6) is 11.6 Å². The largest absolute Gasteiger partial charge is 0.453 e. The summed E-state index contributed by atoms with van der Waals surface area (Å²) in [5, 5.41) is 10.8. The fourth-order valence-corrected chi connectivity index (χ4v) is 2.32. The van der Waals surface area contributed by atoms with Gasteiger partial charge in [0.05, 0.1) is 0 Å². The second-order valence-corrected chi connectivity index (χ2v) is 5.41. The van der Waals surface area contributed by atoms with Crippen molar-refractivity contribution < 1.29 is 17.9 Å². The Balaban J connectivity index is 2.12. The molecular formula is C16H15F3N4O. The second kappa shape index (κ2) is 5.77. The Morgan fingerprint density at radius 3 is 2.54 bits per heavy atom. The molecular weight excluding hydrogens is 321 g/mol. The zero-order valence-corrected chi connectivity index (χ0v) is 13.3. The highest BCUT2D eigenvalue weighted by atomic mass is 19.4. The van der Waals surface area contributed by atoms with Crippen LogP contribution in [0.25, 0.3) is 5.65 Å². The molecule has 2 aromatic heterocycles. The lowest BCUT2D eigenvalue weighted by Crippen LogP contribution is -2.13. The van der Waals surface area contributed by atoms with Crippen LogP contribution in [0.4, 0.5) is 13.2 Å². The maximum atomic E-state index is 13.0. The standard InChI is InChI=1S/C16H15F3N4O/c1-4-11-6-5-7-12(8-11)24-14-10(3)9(2)13-20-21-15(16(17,18)19)23(13)22-14/h5-8H,4H2,1-3H3. The van der Waals surface area contributed by atoms with Crippen LogP contribution in [0.2, 0.25) is 0 Å². The SMILES string of the molecule is CCc1cccc(Oc2nn3c(C(F)(F)F)nnc3c(C)c2C)c1. The number of hydrogen-bond acceptors (Lipinski definition) is 4. The summed E-state index contributed by atoms with van der Waals surface area (Å²) in [6.45, 7) is 5.39. The molecule has 8 heteroatoms. The van der Waals surface area contributed by atoms with Crippen LogP contribution in [-0.4, -0.2) is 19.8 Å². The van der Waals surface area contributed by atoms with Gasteiger partial charge in [-0.15, -0.1) is 15.3 Å². The maximum Gasteiger partial charge on any atom is 0.453 e. The summed E-state index contributed by atoms with van der Waals surface area (Å²) in [5.41, 5.74) is 2.28. The van der Waals surface area contributed by atoms with Gasteiger partial charge in [-0.25, -0.2) is 0 Å². The Labute approximate surface area is 136 Å². The minimum Gasteiger partial charge on any atom is -0.437 e. The normalized spacial score (nSPS) is 11.9. The third kappa shape index (κ3) is 2.79. The number of alkyl halides is 3. The summed E-state index contributed by atoms with van der Waals surface area (Å²) < 4.78 is 45.5. The van der Waals surface area contributed by atoms with Crippen molar-refractivity contribution in [1.82, 2.24) is 19.8 Å². The summed E-state index contributed by atoms with van der Waals surface area (Å²) in [7, 11) is 0. The monoisotopic (exact) mass is 336 g/mol. The first kappa shape index (κ1) is 16.2. The van der Waals surface area contributed by atoms with Gasteiger partial charge >= 0.3 is 6.18 Å². The van der Waals surface area contributed by atoms with E-state index in [1.54, 1.807) is 19.9 Å². The smallest absolute Gasteiger partial charge is 0.437 e. The minimum absolute atomic E-state index is 0.0643. The number of ether oxygens (including phenoxy) is 1. The summed E-state index contributed by atoms with van der Waals surface area (Å²) in [5.74, 6) is -0.559. The number of rotatable bonds is 3. The minimum atomic E-state index is -4.65. The predicted molar refractivity (Wildman–Crippen MR) is 81.2 cm³/mol. The maximum absolute atomic E-state index is 13.0. The molecule has 0 saturated heterocycles. The van der Waals surface area contributed by atoms with E-state index in [1.807, 2.05) is 25.1 Å². The number of nitrogens with zero attached hydrogens (tertiary/aromatic N) is 4. The third-order valence-electron chi connectivity index (χ3n) is 3.82. The molecule has 0 atom stereocenters. The van der Waals surface area contributed by atoms with E-state index in [0.29, 0.717) is 21.4 Å². The molecule has 0 unspecified atom stereocenters. The van der Waals surface area contributed by atoms with Crippen molar-refractivity contribution in [3.63, 3.8) is 0 Å². The molecule has 0 bridgehead atoms. The molecule has 24 heavy (non-hydrogen) atoms.